The summed E-state index contributed by atoms with van der Waals surface area (Å²) in [7, 11) is 0. The molecule has 0 spiro atoms. The predicted octanol–water partition coefficient (Wildman–Crippen LogP) is 8.33. The van der Waals surface area contributed by atoms with E-state index in [9.17, 15) is 0 Å². The van der Waals surface area contributed by atoms with E-state index in [-0.39, 0.29) is 0 Å². The molecule has 6 heterocycles. The average molecular weight is 580 g/mol. The van der Waals surface area contributed by atoms with Crippen LogP contribution >= 0.6 is 0 Å². The van der Waals surface area contributed by atoms with Crippen LogP contribution in [0.5, 0.6) is 0 Å². The number of benzene rings is 3. The quantitative estimate of drug-likeness (QED) is 0.205. The average Bonchev–Trinajstić information content (AvgIpc) is 3.50. The Balaban J connectivity index is 1.18. The van der Waals surface area contributed by atoms with E-state index in [1.807, 2.05) is 66.9 Å². The smallest absolute Gasteiger partial charge is 0.161 e. The van der Waals surface area contributed by atoms with Gasteiger partial charge in [0.1, 0.15) is 23.8 Å². The first kappa shape index (κ1) is 25.1. The van der Waals surface area contributed by atoms with Crippen LogP contribution in [0.15, 0.2) is 133 Å². The molecule has 3 aromatic carbocycles. The minimum absolute atomic E-state index is 0.726. The highest BCUT2D eigenvalue weighted by Gasteiger charge is 2.17. The number of fused-ring (bicyclic) bond motifs is 5. The first-order chi connectivity index (χ1) is 22.3. The maximum absolute atomic E-state index is 6.47. The molecule has 0 amide bonds. The van der Waals surface area contributed by atoms with Crippen LogP contribution in [-0.4, -0.2) is 34.9 Å². The van der Waals surface area contributed by atoms with E-state index in [2.05, 4.69) is 66.3 Å². The van der Waals surface area contributed by atoms with E-state index in [4.69, 9.17) is 9.40 Å². The molecule has 210 valence electrons. The summed E-state index contributed by atoms with van der Waals surface area (Å²) in [5.74, 6) is 0. The maximum Gasteiger partial charge on any atom is 0.161 e. The molecule has 0 unspecified atom stereocenters. The number of furan rings is 1. The van der Waals surface area contributed by atoms with Gasteiger partial charge in [-0.15, -0.1) is 0 Å². The molecule has 0 saturated heterocycles. The lowest BCUT2D eigenvalue weighted by atomic mass is 9.99. The van der Waals surface area contributed by atoms with Gasteiger partial charge in [-0.3, -0.25) is 15.0 Å². The summed E-state index contributed by atoms with van der Waals surface area (Å²) in [5, 5.41) is 2.80. The van der Waals surface area contributed by atoms with Crippen molar-refractivity contribution in [1.29, 1.82) is 0 Å². The highest BCUT2D eigenvalue weighted by atomic mass is 16.3. The van der Waals surface area contributed by atoms with Gasteiger partial charge in [-0.25, -0.2) is 19.9 Å². The van der Waals surface area contributed by atoms with E-state index >= 15 is 0 Å². The third-order valence-electron chi connectivity index (χ3n) is 8.08. The molecular formula is C37H21N7O. The molecule has 0 bridgehead atoms. The predicted molar refractivity (Wildman–Crippen MR) is 175 cm³/mol. The fourth-order valence-electron chi connectivity index (χ4n) is 5.94. The number of aromatic nitrogens is 7. The molecule has 6 aromatic heterocycles. The summed E-state index contributed by atoms with van der Waals surface area (Å²) in [6.45, 7) is 0. The summed E-state index contributed by atoms with van der Waals surface area (Å²) in [6, 6.07) is 32.2. The topological polar surface area (TPSA) is 103 Å². The van der Waals surface area contributed by atoms with Gasteiger partial charge in [0.05, 0.1) is 33.8 Å². The summed E-state index contributed by atoms with van der Waals surface area (Å²) >= 11 is 0. The molecule has 0 atom stereocenters. The van der Waals surface area contributed by atoms with Crippen LogP contribution in [0, 0.1) is 0 Å². The highest BCUT2D eigenvalue weighted by molar-refractivity contribution is 6.09. The van der Waals surface area contributed by atoms with Gasteiger partial charge in [0.2, 0.25) is 0 Å². The minimum atomic E-state index is 0.726. The first-order valence-electron chi connectivity index (χ1n) is 14.4. The third kappa shape index (κ3) is 4.19. The molecule has 0 N–H and O–H groups in total. The Labute approximate surface area is 256 Å². The Hall–Kier alpha value is -6.41. The number of pyridine rings is 3. The van der Waals surface area contributed by atoms with E-state index in [0.29, 0.717) is 0 Å². The molecule has 45 heavy (non-hydrogen) atoms. The van der Waals surface area contributed by atoms with Crippen molar-refractivity contribution in [3.05, 3.63) is 128 Å². The summed E-state index contributed by atoms with van der Waals surface area (Å²) in [4.78, 5) is 31.9. The van der Waals surface area contributed by atoms with Gasteiger partial charge in [0.15, 0.2) is 5.58 Å². The third-order valence-corrected chi connectivity index (χ3v) is 8.08. The van der Waals surface area contributed by atoms with Crippen molar-refractivity contribution in [2.75, 3.05) is 0 Å². The lowest BCUT2D eigenvalue weighted by Crippen LogP contribution is -1.92. The van der Waals surface area contributed by atoms with Gasteiger partial charge in [-0.2, -0.15) is 0 Å². The lowest BCUT2D eigenvalue weighted by molar-refractivity contribution is 0.669. The molecule has 9 aromatic rings. The fraction of sp³-hybridized carbons (Fsp3) is 0. The summed E-state index contributed by atoms with van der Waals surface area (Å²) < 4.78 is 6.47. The zero-order valence-corrected chi connectivity index (χ0v) is 23.7. The van der Waals surface area contributed by atoms with Crippen molar-refractivity contribution in [1.82, 2.24) is 34.9 Å². The van der Waals surface area contributed by atoms with Crippen molar-refractivity contribution < 1.29 is 4.42 Å². The van der Waals surface area contributed by atoms with Crippen LogP contribution < -0.4 is 0 Å². The fourth-order valence-corrected chi connectivity index (χ4v) is 5.94. The molecule has 0 aliphatic rings. The minimum Gasteiger partial charge on any atom is -0.454 e. The van der Waals surface area contributed by atoms with Crippen LogP contribution in [0.25, 0.3) is 88.9 Å². The van der Waals surface area contributed by atoms with E-state index in [1.54, 1.807) is 25.0 Å². The van der Waals surface area contributed by atoms with Gasteiger partial charge < -0.3 is 4.42 Å². The highest BCUT2D eigenvalue weighted by Crippen LogP contribution is 2.38. The molecule has 9 rings (SSSR count). The van der Waals surface area contributed by atoms with Crippen molar-refractivity contribution in [2.24, 2.45) is 0 Å². The van der Waals surface area contributed by atoms with Gasteiger partial charge in [-0.1, -0.05) is 30.3 Å². The van der Waals surface area contributed by atoms with Gasteiger partial charge in [0, 0.05) is 40.3 Å². The van der Waals surface area contributed by atoms with Crippen LogP contribution in [0.4, 0.5) is 0 Å². The molecule has 8 heteroatoms. The van der Waals surface area contributed by atoms with Crippen molar-refractivity contribution >= 4 is 43.9 Å². The van der Waals surface area contributed by atoms with Crippen molar-refractivity contribution in [3.63, 3.8) is 0 Å². The largest absolute Gasteiger partial charge is 0.454 e. The Morgan fingerprint density at radius 3 is 1.69 bits per heavy atom. The Kier molecular flexibility index (Phi) is 5.64. The van der Waals surface area contributed by atoms with Crippen molar-refractivity contribution in [2.45, 2.75) is 0 Å². The van der Waals surface area contributed by atoms with Crippen LogP contribution in [0.2, 0.25) is 0 Å². The summed E-state index contributed by atoms with van der Waals surface area (Å²) in [5.41, 5.74) is 11.2. The summed E-state index contributed by atoms with van der Waals surface area (Å²) in [6.07, 6.45) is 8.54. The Morgan fingerprint density at radius 1 is 0.444 bits per heavy atom. The zero-order valence-electron chi connectivity index (χ0n) is 23.7. The molecule has 0 saturated carbocycles. The van der Waals surface area contributed by atoms with Gasteiger partial charge in [-0.05, 0) is 83.4 Å². The van der Waals surface area contributed by atoms with Crippen molar-refractivity contribution in [3.8, 4) is 45.0 Å². The number of hydrogen-bond donors (Lipinski definition) is 0. The normalized spacial score (nSPS) is 11.6. The SMILES string of the molecule is c1ccc(-c2ncnc3ccc(-c4ccc5oc6c(-c7ccc8ncnc(-c9ccccn9)c8c7)ccnc6c5c4)cc23)nc1. The first-order valence-corrected chi connectivity index (χ1v) is 14.4. The molecule has 0 aliphatic heterocycles. The lowest BCUT2D eigenvalue weighted by Gasteiger charge is -2.08. The molecule has 0 aliphatic carbocycles. The van der Waals surface area contributed by atoms with E-state index < -0.39 is 0 Å². The number of nitrogens with zero attached hydrogens (tertiary/aromatic N) is 7. The van der Waals surface area contributed by atoms with Crippen LogP contribution in [-0.2, 0) is 0 Å². The van der Waals surface area contributed by atoms with E-state index in [1.165, 1.54) is 0 Å². The van der Waals surface area contributed by atoms with Gasteiger partial charge >= 0.3 is 0 Å². The number of hydrogen-bond acceptors (Lipinski definition) is 8. The number of rotatable bonds is 4. The molecule has 0 radical (unpaired) electrons. The van der Waals surface area contributed by atoms with Gasteiger partial charge in [0.25, 0.3) is 0 Å². The maximum atomic E-state index is 6.47. The molecular weight excluding hydrogens is 558 g/mol. The Bertz CT molecular complexity index is 2550. The molecule has 0 fully saturated rings. The van der Waals surface area contributed by atoms with Crippen LogP contribution in [0.1, 0.15) is 0 Å². The second kappa shape index (κ2) is 10.1. The standard InChI is InChI=1S/C37H21N7O/c1-3-14-38-31(5-1)34-26-17-22(7-10-29(26)41-20-43-34)23-9-12-33-28(18-23)36-37(45-33)25(13-16-40-36)24-8-11-30-27(19-24)35(44-21-42-30)32-6-2-4-15-39-32/h1-21H. The molecule has 8 nitrogen and oxygen atoms in total. The monoisotopic (exact) mass is 579 g/mol. The van der Waals surface area contributed by atoms with E-state index in [0.717, 1.165) is 88.9 Å². The second-order valence-electron chi connectivity index (χ2n) is 10.7. The zero-order chi connectivity index (χ0) is 29.7. The van der Waals surface area contributed by atoms with Crippen LogP contribution in [0.3, 0.4) is 0 Å². The Morgan fingerprint density at radius 2 is 1.04 bits per heavy atom. The second-order valence-corrected chi connectivity index (χ2v) is 10.7.